The minimum atomic E-state index is 0.638. The average Bonchev–Trinajstić information content (AvgIpc) is 2.62. The van der Waals surface area contributed by atoms with Gasteiger partial charge in [0.05, 0.1) is 19.8 Å². The minimum absolute atomic E-state index is 0.638. The van der Waals surface area contributed by atoms with Crippen LogP contribution >= 0.6 is 0 Å². The van der Waals surface area contributed by atoms with E-state index in [4.69, 9.17) is 9.47 Å². The van der Waals surface area contributed by atoms with Crippen LogP contribution in [0.1, 0.15) is 45.4 Å². The second-order valence-corrected chi connectivity index (χ2v) is 5.10. The van der Waals surface area contributed by atoms with E-state index >= 15 is 0 Å². The Balaban J connectivity index is 2.01. The molecule has 0 saturated heterocycles. The third-order valence-electron chi connectivity index (χ3n) is 3.75. The lowest BCUT2D eigenvalue weighted by molar-refractivity contribution is 0.0703. The van der Waals surface area contributed by atoms with Crippen LogP contribution in [0.3, 0.4) is 0 Å². The molecular formula is C14H29NO2. The van der Waals surface area contributed by atoms with Gasteiger partial charge in [-0.25, -0.2) is 0 Å². The van der Waals surface area contributed by atoms with Crippen LogP contribution in [0.2, 0.25) is 0 Å². The standard InChI is InChI=1S/C14H29NO2/c1-13(14-7-5-3-4-6-8-14)15-9-10-17-12-11-16-2/h13-15H,3-12H2,1-2H3/t13-/m0/s1. The van der Waals surface area contributed by atoms with Gasteiger partial charge in [-0.2, -0.15) is 0 Å². The Bertz CT molecular complexity index is 168. The maximum Gasteiger partial charge on any atom is 0.0700 e. The average molecular weight is 243 g/mol. The number of nitrogens with one attached hydrogen (secondary N) is 1. The summed E-state index contributed by atoms with van der Waals surface area (Å²) in [5, 5.41) is 3.59. The highest BCUT2D eigenvalue weighted by atomic mass is 16.5. The first kappa shape index (κ1) is 14.9. The van der Waals surface area contributed by atoms with Crippen LogP contribution in [0.5, 0.6) is 0 Å². The monoisotopic (exact) mass is 243 g/mol. The molecular weight excluding hydrogens is 214 g/mol. The van der Waals surface area contributed by atoms with Gasteiger partial charge < -0.3 is 14.8 Å². The van der Waals surface area contributed by atoms with Crippen LogP contribution in [0.4, 0.5) is 0 Å². The molecule has 0 heterocycles. The van der Waals surface area contributed by atoms with Crippen molar-refractivity contribution < 1.29 is 9.47 Å². The molecule has 1 atom stereocenters. The Kier molecular flexibility index (Phi) is 8.67. The maximum absolute atomic E-state index is 5.45. The predicted molar refractivity (Wildman–Crippen MR) is 71.4 cm³/mol. The molecule has 3 heteroatoms. The fraction of sp³-hybridized carbons (Fsp3) is 1.00. The lowest BCUT2D eigenvalue weighted by Gasteiger charge is -2.23. The van der Waals surface area contributed by atoms with Gasteiger partial charge in [-0.3, -0.25) is 0 Å². The van der Waals surface area contributed by atoms with Crippen LogP contribution in [0.25, 0.3) is 0 Å². The van der Waals surface area contributed by atoms with Crippen molar-refractivity contribution in [2.45, 2.75) is 51.5 Å². The van der Waals surface area contributed by atoms with Crippen molar-refractivity contribution in [3.63, 3.8) is 0 Å². The summed E-state index contributed by atoms with van der Waals surface area (Å²) >= 11 is 0. The summed E-state index contributed by atoms with van der Waals surface area (Å²) in [6.07, 6.45) is 8.51. The third kappa shape index (κ3) is 7.02. The van der Waals surface area contributed by atoms with E-state index in [1.54, 1.807) is 7.11 Å². The van der Waals surface area contributed by atoms with Crippen molar-refractivity contribution in [3.05, 3.63) is 0 Å². The first-order chi connectivity index (χ1) is 8.34. The Hall–Kier alpha value is -0.120. The molecule has 1 saturated carbocycles. The molecule has 0 aliphatic heterocycles. The smallest absolute Gasteiger partial charge is 0.0700 e. The van der Waals surface area contributed by atoms with Gasteiger partial charge in [-0.05, 0) is 25.7 Å². The molecule has 1 aliphatic rings. The van der Waals surface area contributed by atoms with E-state index in [1.165, 1.54) is 38.5 Å². The number of methoxy groups -OCH3 is 1. The highest BCUT2D eigenvalue weighted by Crippen LogP contribution is 2.25. The molecule has 17 heavy (non-hydrogen) atoms. The quantitative estimate of drug-likeness (QED) is 0.525. The third-order valence-corrected chi connectivity index (χ3v) is 3.75. The van der Waals surface area contributed by atoms with Crippen molar-refractivity contribution in [1.29, 1.82) is 0 Å². The molecule has 0 aromatic rings. The second kappa shape index (κ2) is 9.86. The summed E-state index contributed by atoms with van der Waals surface area (Å²) in [6.45, 7) is 5.47. The topological polar surface area (TPSA) is 30.5 Å². The largest absolute Gasteiger partial charge is 0.382 e. The molecule has 0 radical (unpaired) electrons. The Morgan fingerprint density at radius 1 is 1.06 bits per heavy atom. The number of hydrogen-bond acceptors (Lipinski definition) is 3. The van der Waals surface area contributed by atoms with E-state index in [9.17, 15) is 0 Å². The van der Waals surface area contributed by atoms with Gasteiger partial charge in [-0.1, -0.05) is 25.7 Å². The first-order valence-electron chi connectivity index (χ1n) is 7.14. The Morgan fingerprint density at radius 3 is 2.41 bits per heavy atom. The highest BCUT2D eigenvalue weighted by Gasteiger charge is 2.18. The van der Waals surface area contributed by atoms with E-state index in [-0.39, 0.29) is 0 Å². The predicted octanol–water partition coefficient (Wildman–Crippen LogP) is 2.60. The summed E-state index contributed by atoms with van der Waals surface area (Å²) < 4.78 is 10.4. The SMILES string of the molecule is COCCOCCN[C@@H](C)C1CCCCCC1. The van der Waals surface area contributed by atoms with Gasteiger partial charge in [0.1, 0.15) is 0 Å². The molecule has 0 bridgehead atoms. The number of rotatable bonds is 8. The molecule has 0 unspecified atom stereocenters. The van der Waals surface area contributed by atoms with E-state index in [0.29, 0.717) is 19.3 Å². The fourth-order valence-corrected chi connectivity index (χ4v) is 2.58. The van der Waals surface area contributed by atoms with Crippen LogP contribution in [0.15, 0.2) is 0 Å². The Morgan fingerprint density at radius 2 is 1.76 bits per heavy atom. The lowest BCUT2D eigenvalue weighted by atomic mass is 9.93. The minimum Gasteiger partial charge on any atom is -0.382 e. The zero-order valence-corrected chi connectivity index (χ0v) is 11.5. The lowest BCUT2D eigenvalue weighted by Crippen LogP contribution is -2.35. The van der Waals surface area contributed by atoms with Crippen LogP contribution in [0, 0.1) is 5.92 Å². The second-order valence-electron chi connectivity index (χ2n) is 5.10. The van der Waals surface area contributed by atoms with Gasteiger partial charge in [-0.15, -0.1) is 0 Å². The van der Waals surface area contributed by atoms with Crippen LogP contribution < -0.4 is 5.32 Å². The summed E-state index contributed by atoms with van der Waals surface area (Å²) in [4.78, 5) is 0. The van der Waals surface area contributed by atoms with E-state index < -0.39 is 0 Å². The zero-order chi connectivity index (χ0) is 12.3. The molecule has 1 aliphatic carbocycles. The molecule has 0 aromatic heterocycles. The molecule has 3 nitrogen and oxygen atoms in total. The van der Waals surface area contributed by atoms with E-state index in [2.05, 4.69) is 12.2 Å². The molecule has 1 rings (SSSR count). The van der Waals surface area contributed by atoms with Gasteiger partial charge in [0.15, 0.2) is 0 Å². The molecule has 102 valence electrons. The van der Waals surface area contributed by atoms with E-state index in [1.807, 2.05) is 0 Å². The zero-order valence-electron chi connectivity index (χ0n) is 11.5. The van der Waals surface area contributed by atoms with E-state index in [0.717, 1.165) is 19.1 Å². The highest BCUT2D eigenvalue weighted by molar-refractivity contribution is 4.74. The number of ether oxygens (including phenoxy) is 2. The Labute approximate surface area is 106 Å². The van der Waals surface area contributed by atoms with Crippen molar-refractivity contribution in [3.8, 4) is 0 Å². The van der Waals surface area contributed by atoms with Crippen LogP contribution in [-0.4, -0.2) is 39.5 Å². The van der Waals surface area contributed by atoms with Crippen LogP contribution in [-0.2, 0) is 9.47 Å². The van der Waals surface area contributed by atoms with Gasteiger partial charge >= 0.3 is 0 Å². The van der Waals surface area contributed by atoms with Crippen molar-refractivity contribution in [2.75, 3.05) is 33.5 Å². The summed E-state index contributed by atoms with van der Waals surface area (Å²) in [7, 11) is 1.70. The van der Waals surface area contributed by atoms with Crippen molar-refractivity contribution in [1.82, 2.24) is 5.32 Å². The summed E-state index contributed by atoms with van der Waals surface area (Å²) in [5.41, 5.74) is 0. The van der Waals surface area contributed by atoms with Crippen molar-refractivity contribution >= 4 is 0 Å². The van der Waals surface area contributed by atoms with Crippen molar-refractivity contribution in [2.24, 2.45) is 5.92 Å². The number of hydrogen-bond donors (Lipinski definition) is 1. The van der Waals surface area contributed by atoms with Gasteiger partial charge in [0.25, 0.3) is 0 Å². The summed E-state index contributed by atoms with van der Waals surface area (Å²) in [6, 6.07) is 0.638. The molecule has 0 amide bonds. The van der Waals surface area contributed by atoms with Gasteiger partial charge in [0.2, 0.25) is 0 Å². The maximum atomic E-state index is 5.45. The fourth-order valence-electron chi connectivity index (χ4n) is 2.58. The molecule has 1 N–H and O–H groups in total. The molecule has 0 aromatic carbocycles. The van der Waals surface area contributed by atoms with Gasteiger partial charge in [0, 0.05) is 19.7 Å². The molecule has 0 spiro atoms. The summed E-state index contributed by atoms with van der Waals surface area (Å²) in [5.74, 6) is 0.872. The molecule has 1 fully saturated rings. The first-order valence-corrected chi connectivity index (χ1v) is 7.14. The normalized spacial score (nSPS) is 20.1.